The summed E-state index contributed by atoms with van der Waals surface area (Å²) in [6.07, 6.45) is 6.08. The molecule has 0 amide bonds. The van der Waals surface area contributed by atoms with E-state index < -0.39 is 0 Å². The fourth-order valence-electron chi connectivity index (χ4n) is 0.873. The molecule has 0 N–H and O–H groups in total. The van der Waals surface area contributed by atoms with Gasteiger partial charge in [-0.2, -0.15) is 0 Å². The summed E-state index contributed by atoms with van der Waals surface area (Å²) in [5, 5.41) is 0. The SMILES string of the molecule is [B]C1=CCCC=C1OC. The van der Waals surface area contributed by atoms with Gasteiger partial charge in [-0.3, -0.25) is 0 Å². The van der Waals surface area contributed by atoms with E-state index in [-0.39, 0.29) is 0 Å². The van der Waals surface area contributed by atoms with Crippen molar-refractivity contribution >= 4 is 7.85 Å². The van der Waals surface area contributed by atoms with Crippen molar-refractivity contribution in [1.82, 2.24) is 0 Å². The maximum absolute atomic E-state index is 5.56. The van der Waals surface area contributed by atoms with E-state index in [0.717, 1.165) is 24.1 Å². The minimum Gasteiger partial charge on any atom is -0.498 e. The Hall–Kier alpha value is -0.655. The van der Waals surface area contributed by atoms with E-state index in [9.17, 15) is 0 Å². The van der Waals surface area contributed by atoms with Gasteiger partial charge in [-0.05, 0) is 18.9 Å². The summed E-state index contributed by atoms with van der Waals surface area (Å²) in [5.41, 5.74) is 0.767. The van der Waals surface area contributed by atoms with Gasteiger partial charge in [0.1, 0.15) is 13.6 Å². The molecule has 0 saturated carbocycles. The predicted molar refractivity (Wildman–Crippen MR) is 38.2 cm³/mol. The van der Waals surface area contributed by atoms with Crippen LogP contribution in [0.25, 0.3) is 0 Å². The molecule has 0 fully saturated rings. The van der Waals surface area contributed by atoms with Crippen LogP contribution in [0.5, 0.6) is 0 Å². The standard InChI is InChI=1S/C7H9BO/c1-9-7-5-3-2-4-6(7)8/h4-5H,2-3H2,1H3. The molecule has 1 aliphatic carbocycles. The maximum Gasteiger partial charge on any atom is 0.118 e. The molecular weight excluding hydrogens is 111 g/mol. The highest BCUT2D eigenvalue weighted by Crippen LogP contribution is 2.15. The lowest BCUT2D eigenvalue weighted by molar-refractivity contribution is 0.301. The first kappa shape index (κ1) is 6.46. The fourth-order valence-corrected chi connectivity index (χ4v) is 0.873. The zero-order chi connectivity index (χ0) is 6.69. The molecule has 0 heterocycles. The van der Waals surface area contributed by atoms with Crippen LogP contribution in [0.2, 0.25) is 0 Å². The lowest BCUT2D eigenvalue weighted by atomic mass is 9.89. The molecular formula is C7H9BO. The first-order valence-electron chi connectivity index (χ1n) is 3.04. The van der Waals surface area contributed by atoms with Gasteiger partial charge in [-0.25, -0.2) is 0 Å². The van der Waals surface area contributed by atoms with Crippen molar-refractivity contribution in [3.63, 3.8) is 0 Å². The molecule has 0 saturated heterocycles. The zero-order valence-corrected chi connectivity index (χ0v) is 5.55. The van der Waals surface area contributed by atoms with Gasteiger partial charge in [0.15, 0.2) is 0 Å². The van der Waals surface area contributed by atoms with Crippen LogP contribution < -0.4 is 0 Å². The van der Waals surface area contributed by atoms with Crippen molar-refractivity contribution in [2.45, 2.75) is 12.8 Å². The van der Waals surface area contributed by atoms with Gasteiger partial charge >= 0.3 is 0 Å². The van der Waals surface area contributed by atoms with Gasteiger partial charge < -0.3 is 4.74 Å². The highest BCUT2D eigenvalue weighted by molar-refractivity contribution is 6.24. The summed E-state index contributed by atoms with van der Waals surface area (Å²) in [6.45, 7) is 0. The molecule has 2 radical (unpaired) electrons. The number of ether oxygens (including phenoxy) is 1. The van der Waals surface area contributed by atoms with E-state index in [1.807, 2.05) is 12.2 Å². The Kier molecular flexibility index (Phi) is 1.98. The monoisotopic (exact) mass is 120 g/mol. The first-order chi connectivity index (χ1) is 4.34. The van der Waals surface area contributed by atoms with Crippen LogP contribution in [0.3, 0.4) is 0 Å². The molecule has 0 spiro atoms. The summed E-state index contributed by atoms with van der Waals surface area (Å²) in [5.74, 6) is 0.821. The quantitative estimate of drug-likeness (QED) is 0.474. The van der Waals surface area contributed by atoms with Crippen molar-refractivity contribution in [3.8, 4) is 0 Å². The van der Waals surface area contributed by atoms with E-state index in [2.05, 4.69) is 0 Å². The van der Waals surface area contributed by atoms with E-state index in [1.165, 1.54) is 0 Å². The van der Waals surface area contributed by atoms with Crippen LogP contribution in [0, 0.1) is 0 Å². The van der Waals surface area contributed by atoms with Crippen molar-refractivity contribution in [2.24, 2.45) is 0 Å². The number of hydrogen-bond donors (Lipinski definition) is 0. The molecule has 0 aromatic carbocycles. The largest absolute Gasteiger partial charge is 0.498 e. The Labute approximate surface area is 56.8 Å². The molecule has 0 aromatic rings. The van der Waals surface area contributed by atoms with Gasteiger partial charge in [-0.1, -0.05) is 11.5 Å². The van der Waals surface area contributed by atoms with Crippen LogP contribution in [-0.2, 0) is 4.74 Å². The maximum atomic E-state index is 5.56. The van der Waals surface area contributed by atoms with Crippen molar-refractivity contribution in [2.75, 3.05) is 7.11 Å². The number of hydrogen-bond acceptors (Lipinski definition) is 1. The smallest absolute Gasteiger partial charge is 0.118 e. The number of allylic oxidation sites excluding steroid dienone is 3. The molecule has 1 aliphatic rings. The van der Waals surface area contributed by atoms with Gasteiger partial charge in [0.25, 0.3) is 0 Å². The summed E-state index contributed by atoms with van der Waals surface area (Å²) in [4.78, 5) is 0. The number of rotatable bonds is 1. The van der Waals surface area contributed by atoms with Crippen LogP contribution >= 0.6 is 0 Å². The van der Waals surface area contributed by atoms with Gasteiger partial charge in [0.05, 0.1) is 7.11 Å². The van der Waals surface area contributed by atoms with E-state index in [0.29, 0.717) is 0 Å². The van der Waals surface area contributed by atoms with Gasteiger partial charge in [0, 0.05) is 0 Å². The first-order valence-corrected chi connectivity index (χ1v) is 3.04. The van der Waals surface area contributed by atoms with Crippen LogP contribution in [0.4, 0.5) is 0 Å². The molecule has 9 heavy (non-hydrogen) atoms. The second-order valence-corrected chi connectivity index (χ2v) is 2.01. The summed E-state index contributed by atoms with van der Waals surface area (Å²) >= 11 is 0. The fraction of sp³-hybridized carbons (Fsp3) is 0.429. The molecule has 0 unspecified atom stereocenters. The Morgan fingerprint density at radius 2 is 2.11 bits per heavy atom. The van der Waals surface area contributed by atoms with Gasteiger partial charge in [-0.15, -0.1) is 0 Å². The van der Waals surface area contributed by atoms with Crippen molar-refractivity contribution in [3.05, 3.63) is 23.4 Å². The third-order valence-corrected chi connectivity index (χ3v) is 1.37. The van der Waals surface area contributed by atoms with Crippen LogP contribution in [-0.4, -0.2) is 15.0 Å². The Balaban J connectivity index is 2.68. The topological polar surface area (TPSA) is 9.23 Å². The predicted octanol–water partition coefficient (Wildman–Crippen LogP) is 1.36. The third-order valence-electron chi connectivity index (χ3n) is 1.37. The zero-order valence-electron chi connectivity index (χ0n) is 5.55. The van der Waals surface area contributed by atoms with E-state index in [1.54, 1.807) is 7.11 Å². The van der Waals surface area contributed by atoms with Gasteiger partial charge in [0.2, 0.25) is 0 Å². The molecule has 46 valence electrons. The minimum atomic E-state index is 0.767. The summed E-state index contributed by atoms with van der Waals surface area (Å²) < 4.78 is 4.97. The second kappa shape index (κ2) is 2.76. The molecule has 0 atom stereocenters. The average Bonchev–Trinajstić information content (AvgIpc) is 1.89. The third kappa shape index (κ3) is 1.38. The van der Waals surface area contributed by atoms with E-state index >= 15 is 0 Å². The summed E-state index contributed by atoms with van der Waals surface area (Å²) in [6, 6.07) is 0. The molecule has 1 nitrogen and oxygen atoms in total. The lowest BCUT2D eigenvalue weighted by Gasteiger charge is -2.10. The lowest BCUT2D eigenvalue weighted by Crippen LogP contribution is -1.96. The van der Waals surface area contributed by atoms with Crippen molar-refractivity contribution in [1.29, 1.82) is 0 Å². The molecule has 0 aromatic heterocycles. The van der Waals surface area contributed by atoms with E-state index in [4.69, 9.17) is 12.6 Å². The Bertz CT molecular complexity index is 158. The average molecular weight is 120 g/mol. The number of methoxy groups -OCH3 is 1. The molecule has 2 heteroatoms. The van der Waals surface area contributed by atoms with Crippen LogP contribution in [0.15, 0.2) is 23.4 Å². The minimum absolute atomic E-state index is 0.767. The summed E-state index contributed by atoms with van der Waals surface area (Å²) in [7, 11) is 7.19. The molecule has 0 aliphatic heterocycles. The van der Waals surface area contributed by atoms with Crippen LogP contribution in [0.1, 0.15) is 12.8 Å². The molecule has 0 bridgehead atoms. The molecule has 1 rings (SSSR count). The highest BCUT2D eigenvalue weighted by Gasteiger charge is 2.01. The Morgan fingerprint density at radius 3 is 2.56 bits per heavy atom. The second-order valence-electron chi connectivity index (χ2n) is 2.01. The van der Waals surface area contributed by atoms with Crippen molar-refractivity contribution < 1.29 is 4.74 Å². The highest BCUT2D eigenvalue weighted by atomic mass is 16.5. The normalized spacial score (nSPS) is 18.3. The Morgan fingerprint density at radius 1 is 1.44 bits per heavy atom.